The molecule has 0 unspecified atom stereocenters. The molecule has 0 fully saturated rings. The van der Waals surface area contributed by atoms with E-state index < -0.39 is 33.5 Å². The highest BCUT2D eigenvalue weighted by atomic mass is 32.3. The Morgan fingerprint density at radius 2 is 1.25 bits per heavy atom. The third-order valence-corrected chi connectivity index (χ3v) is 1.39. The van der Waals surface area contributed by atoms with Gasteiger partial charge >= 0.3 is 33.5 Å². The van der Waals surface area contributed by atoms with Gasteiger partial charge in [0.25, 0.3) is 0 Å². The van der Waals surface area contributed by atoms with E-state index in [1.807, 2.05) is 0 Å². The highest BCUT2D eigenvalue weighted by Gasteiger charge is 2.28. The lowest BCUT2D eigenvalue weighted by Crippen LogP contribution is -2.02. The fraction of sp³-hybridized carbons (Fsp3) is 0. The summed E-state index contributed by atoms with van der Waals surface area (Å²) in [5.74, 6) is 0. The van der Waals surface area contributed by atoms with Crippen LogP contribution in [-0.2, 0) is 15.0 Å². The van der Waals surface area contributed by atoms with Gasteiger partial charge in [0.15, 0.2) is 0 Å². The summed E-state index contributed by atoms with van der Waals surface area (Å²) in [5.41, 5.74) is 0. The van der Waals surface area contributed by atoms with Crippen molar-refractivity contribution < 1.29 is 48.1 Å². The van der Waals surface area contributed by atoms with Crippen molar-refractivity contribution in [3.63, 3.8) is 0 Å². The molecule has 12 heteroatoms. The molecule has 0 spiro atoms. The molecule has 0 aromatic carbocycles. The van der Waals surface area contributed by atoms with E-state index in [1.54, 1.807) is 0 Å². The number of rotatable bonds is 3. The average Bonchev–Trinajstić information content (AvgIpc) is 2.14. The van der Waals surface area contributed by atoms with Crippen LogP contribution in [0.2, 0.25) is 0 Å². The Labute approximate surface area is 82.7 Å². The molecular formula is C4F8O3S. The van der Waals surface area contributed by atoms with E-state index in [0.29, 0.717) is 0 Å². The summed E-state index contributed by atoms with van der Waals surface area (Å²) in [6.45, 7) is 0. The van der Waals surface area contributed by atoms with E-state index in [0.717, 1.165) is 0 Å². The molecule has 0 atom stereocenters. The van der Waals surface area contributed by atoms with Gasteiger partial charge in [0, 0.05) is 9.15 Å². The molecule has 0 heterocycles. The van der Waals surface area contributed by atoms with Gasteiger partial charge in [0.05, 0.1) is 0 Å². The van der Waals surface area contributed by atoms with Gasteiger partial charge in [-0.15, -0.1) is 0 Å². The highest BCUT2D eigenvalue weighted by Crippen LogP contribution is 2.23. The lowest BCUT2D eigenvalue weighted by molar-refractivity contribution is 0.108. The molecule has 0 saturated heterocycles. The molecule has 0 N–H and O–H groups in total. The first kappa shape index (κ1) is 17.1. The van der Waals surface area contributed by atoms with Crippen LogP contribution < -0.4 is 0 Å². The topological polar surface area (TPSA) is 43.4 Å². The first-order valence-corrected chi connectivity index (χ1v) is 4.07. The predicted molar refractivity (Wildman–Crippen MR) is 32.9 cm³/mol. The van der Waals surface area contributed by atoms with E-state index >= 15 is 0 Å². The van der Waals surface area contributed by atoms with Gasteiger partial charge in [0.2, 0.25) is 0 Å². The minimum absolute atomic E-state index is 2.77. The molecular weight excluding hydrogens is 280 g/mol. The maximum atomic E-state index is 11.8. The van der Waals surface area contributed by atoms with Crippen LogP contribution in [0, 0.1) is 0 Å². The third-order valence-electron chi connectivity index (χ3n) is 0.707. The summed E-state index contributed by atoms with van der Waals surface area (Å²) in [4.78, 5) is 0. The van der Waals surface area contributed by atoms with Crippen molar-refractivity contribution in [2.24, 2.45) is 0 Å². The Morgan fingerprint density at radius 3 is 1.44 bits per heavy atom. The maximum absolute atomic E-state index is 11.8. The van der Waals surface area contributed by atoms with Crippen LogP contribution in [-0.4, -0.2) is 8.42 Å². The highest BCUT2D eigenvalue weighted by molar-refractivity contribution is 7.90. The molecule has 3 nitrogen and oxygen atoms in total. The largest absolute Gasteiger partial charge is 0.408 e. The fourth-order valence-corrected chi connectivity index (χ4v) is 0.657. The maximum Gasteiger partial charge on any atom is 0.371 e. The second-order valence-corrected chi connectivity index (χ2v) is 2.87. The number of hydrogen-bond donors (Lipinski definition) is 0. The Balaban J connectivity index is 0. The zero-order valence-electron chi connectivity index (χ0n) is 6.66. The molecule has 0 saturated carbocycles. The Hall–Kier alpha value is -1.33. The smallest absolute Gasteiger partial charge is 0.371 e. The van der Waals surface area contributed by atoms with Gasteiger partial charge in [-0.25, -0.2) is 0 Å². The van der Waals surface area contributed by atoms with Crippen LogP contribution in [0.1, 0.15) is 0 Å². The van der Waals surface area contributed by atoms with Gasteiger partial charge in [-0.2, -0.15) is 30.4 Å². The summed E-state index contributed by atoms with van der Waals surface area (Å²) >= 11 is 0. The molecule has 0 amide bonds. The molecule has 0 aromatic rings. The Morgan fingerprint density at radius 1 is 0.875 bits per heavy atom. The van der Waals surface area contributed by atoms with E-state index in [9.17, 15) is 34.3 Å². The van der Waals surface area contributed by atoms with Crippen molar-refractivity contribution in [2.75, 3.05) is 0 Å². The van der Waals surface area contributed by atoms with Crippen LogP contribution in [0.25, 0.3) is 0 Å². The zero-order chi connectivity index (χ0) is 13.5. The number of halogens is 8. The van der Waals surface area contributed by atoms with E-state index in [2.05, 4.69) is 4.74 Å². The normalized spacial score (nSPS) is 9.75. The summed E-state index contributed by atoms with van der Waals surface area (Å²) in [7, 11) is -6.09. The van der Waals surface area contributed by atoms with Gasteiger partial charge in [-0.3, -0.25) is 0 Å². The molecule has 0 aliphatic rings. The lowest BCUT2D eigenvalue weighted by atomic mass is 10.9. The molecule has 0 aromatic heterocycles. The van der Waals surface area contributed by atoms with Crippen LogP contribution in [0.4, 0.5) is 35.0 Å². The second kappa shape index (κ2) is 7.03. The molecule has 0 bridgehead atoms. The summed E-state index contributed by atoms with van der Waals surface area (Å²) in [6, 6.07) is -2.92. The van der Waals surface area contributed by atoms with Gasteiger partial charge in [-0.1, -0.05) is 3.89 Å². The van der Waals surface area contributed by atoms with Crippen molar-refractivity contribution in [1.29, 1.82) is 0 Å². The van der Waals surface area contributed by atoms with Crippen molar-refractivity contribution >= 4 is 10.2 Å². The van der Waals surface area contributed by atoms with Crippen LogP contribution in [0.5, 0.6) is 0 Å². The van der Waals surface area contributed by atoms with Gasteiger partial charge in [-0.05, 0) is 0 Å². The van der Waals surface area contributed by atoms with Crippen molar-refractivity contribution in [3.8, 4) is 0 Å². The minimum Gasteiger partial charge on any atom is -0.408 e. The monoisotopic (exact) mass is 280 g/mol. The number of ether oxygens (including phenoxy) is 1. The quantitative estimate of drug-likeness (QED) is 0.453. The predicted octanol–water partition coefficient (Wildman–Crippen LogP) is 3.24. The standard InChI is InChI=1S/C4F6O3S.F2/c5-1(6)3(9)13-4(2(7)8)14(10,11)12;1-2. The van der Waals surface area contributed by atoms with Crippen molar-refractivity contribution in [2.45, 2.75) is 0 Å². The lowest BCUT2D eigenvalue weighted by Gasteiger charge is -2.00. The summed E-state index contributed by atoms with van der Waals surface area (Å²) in [5, 5.41) is -2.80. The zero-order valence-corrected chi connectivity index (χ0v) is 7.47. The van der Waals surface area contributed by atoms with Crippen LogP contribution >= 0.6 is 0 Å². The van der Waals surface area contributed by atoms with Gasteiger partial charge < -0.3 is 4.74 Å². The molecule has 0 aliphatic carbocycles. The van der Waals surface area contributed by atoms with Gasteiger partial charge in [0.1, 0.15) is 0 Å². The number of hydrogen-bond acceptors (Lipinski definition) is 3. The third kappa shape index (κ3) is 6.21. The summed E-state index contributed by atoms with van der Waals surface area (Å²) in [6.07, 6.45) is -6.49. The van der Waals surface area contributed by atoms with Crippen molar-refractivity contribution in [3.05, 3.63) is 23.3 Å². The molecule has 0 aliphatic heterocycles. The molecule has 96 valence electrons. The minimum atomic E-state index is -6.09. The molecule has 0 rings (SSSR count). The molecule has 16 heavy (non-hydrogen) atoms. The van der Waals surface area contributed by atoms with E-state index in [1.165, 1.54) is 0 Å². The Bertz CT molecular complexity index is 376. The molecule has 0 radical (unpaired) electrons. The van der Waals surface area contributed by atoms with E-state index in [-0.39, 0.29) is 0 Å². The fourth-order valence-electron chi connectivity index (χ4n) is 0.300. The summed E-state index contributed by atoms with van der Waals surface area (Å²) < 4.78 is 107. The average molecular weight is 280 g/mol. The van der Waals surface area contributed by atoms with Crippen LogP contribution in [0.15, 0.2) is 23.3 Å². The first-order valence-electron chi connectivity index (χ1n) is 2.69. The van der Waals surface area contributed by atoms with E-state index in [4.69, 9.17) is 9.15 Å². The van der Waals surface area contributed by atoms with Crippen LogP contribution in [0.3, 0.4) is 0 Å². The Kier molecular flexibility index (Phi) is 7.50. The first-order chi connectivity index (χ1) is 7.16. The van der Waals surface area contributed by atoms with Crippen molar-refractivity contribution in [1.82, 2.24) is 0 Å². The SMILES string of the molecule is FF.O=S(=O)(F)C(OC(F)=C(F)F)=C(F)F. The second-order valence-electron chi connectivity index (χ2n) is 1.62.